The van der Waals surface area contributed by atoms with Crippen LogP contribution in [-0.2, 0) is 57.5 Å². The van der Waals surface area contributed by atoms with Gasteiger partial charge in [0.15, 0.2) is 6.29 Å². The van der Waals surface area contributed by atoms with E-state index in [1.165, 1.54) is 24.3 Å². The average Bonchev–Trinajstić information content (AvgIpc) is 0.749. The molecule has 552 valence electrons. The molecule has 35 nitrogen and oxygen atoms in total. The summed E-state index contributed by atoms with van der Waals surface area (Å²) >= 11 is 0. The van der Waals surface area contributed by atoms with Crippen molar-refractivity contribution in [2.45, 2.75) is 165 Å². The highest BCUT2D eigenvalue weighted by Gasteiger charge is 2.56. The standard InChI is InChI=1S/C61H99FN12O23Si/c1-60(2,3)98(62,61(4,5)6)39-17-15-38(16-18-39)53(87)68-44(33-65-48(78)34-71-25-27-72(35-50(81)82)29-31-74(37-52(85)86)32-30-73(28-26-71)36-51(83)84)54(88)67-41(56(91)92)11-7-8-23-63-45(75)21-22-46(76)64-24-10-13-40(55(89)90)66-47(77)20-19-43(58(95)96)70-59(97)69-42(57(93)94)12-9-14-49(79)80/h15-18,40-44,49,79-80H,7-14,19-37H2,1-6H3,(H,63,75)(H,64,76)(H,65,78)(H,66,77)(H,67,88)(H,68,87)(H,81,82)(H,83,84)(H,85,86)(H,89,90)(H,91,92)(H,93,94)(H,95,96)(H2,69,70,97)/t40-,41+,42+,43+,44-/m1/s1. The van der Waals surface area contributed by atoms with Gasteiger partial charge in [0.2, 0.25) is 29.5 Å². The Kier molecular flexibility index (Phi) is 37.0. The number of unbranched alkanes of at least 4 members (excludes halogenated alkanes) is 1. The van der Waals surface area contributed by atoms with Crippen molar-refractivity contribution in [2.75, 3.05) is 98.2 Å². The number of nitrogens with zero attached hydrogens (tertiary/aromatic N) is 4. The van der Waals surface area contributed by atoms with Gasteiger partial charge in [0.25, 0.3) is 14.3 Å². The van der Waals surface area contributed by atoms with Gasteiger partial charge in [0.05, 0.1) is 26.2 Å². The third-order valence-electron chi connectivity index (χ3n) is 16.0. The molecule has 1 aliphatic heterocycles. The molecule has 1 fully saturated rings. The molecule has 0 saturated carbocycles. The van der Waals surface area contributed by atoms with Crippen LogP contribution in [0.2, 0.25) is 10.1 Å². The number of urea groups is 1. The molecule has 98 heavy (non-hydrogen) atoms. The van der Waals surface area contributed by atoms with E-state index in [9.17, 15) is 103 Å². The maximum absolute atomic E-state index is 17.2. The van der Waals surface area contributed by atoms with Crippen LogP contribution in [0, 0.1) is 0 Å². The van der Waals surface area contributed by atoms with Crippen molar-refractivity contribution in [3.8, 4) is 0 Å². The number of hydrogen-bond acceptors (Lipinski definition) is 20. The lowest BCUT2D eigenvalue weighted by atomic mass is 10.1. The summed E-state index contributed by atoms with van der Waals surface area (Å²) < 4.78 is 17.2. The van der Waals surface area contributed by atoms with Gasteiger partial charge in [-0.25, -0.2) is 24.0 Å². The molecule has 0 radical (unpaired) electrons. The highest BCUT2D eigenvalue weighted by atomic mass is 28.4. The van der Waals surface area contributed by atoms with Gasteiger partial charge in [-0.1, -0.05) is 53.7 Å². The summed E-state index contributed by atoms with van der Waals surface area (Å²) in [6.07, 6.45) is -3.91. The van der Waals surface area contributed by atoms with Crippen LogP contribution in [0.3, 0.4) is 0 Å². The maximum Gasteiger partial charge on any atom is 0.326 e. The third-order valence-corrected chi connectivity index (χ3v) is 21.3. The number of amides is 8. The number of carbonyl (C=O) groups is 14. The number of aliphatic carboxylic acids is 7. The summed E-state index contributed by atoms with van der Waals surface area (Å²) in [5.41, 5.74) is 0.00495. The minimum absolute atomic E-state index is 0.00495. The van der Waals surface area contributed by atoms with Gasteiger partial charge in [-0.3, -0.25) is 62.8 Å². The van der Waals surface area contributed by atoms with E-state index in [2.05, 4.69) is 37.2 Å². The van der Waals surface area contributed by atoms with Gasteiger partial charge >= 0.3 is 47.8 Å². The molecule has 1 heterocycles. The zero-order valence-electron chi connectivity index (χ0n) is 56.3. The molecule has 0 bridgehead atoms. The fourth-order valence-electron chi connectivity index (χ4n) is 10.9. The molecule has 1 aromatic rings. The molecular weight excluding hydrogens is 1320 g/mol. The van der Waals surface area contributed by atoms with Crippen LogP contribution in [0.1, 0.15) is 129 Å². The van der Waals surface area contributed by atoms with Gasteiger partial charge < -0.3 is 92.6 Å². The average molecular weight is 1420 g/mol. The fraction of sp³-hybridized carbons (Fsp3) is 0.672. The zero-order valence-corrected chi connectivity index (χ0v) is 57.3. The molecule has 1 aliphatic rings. The zero-order chi connectivity index (χ0) is 74.1. The van der Waals surface area contributed by atoms with E-state index in [0.717, 1.165) is 0 Å². The van der Waals surface area contributed by atoms with E-state index in [-0.39, 0.29) is 148 Å². The Hall–Kier alpha value is -8.49. The quantitative estimate of drug-likeness (QED) is 0.0141. The number of carbonyl (C=O) groups excluding carboxylic acids is 7. The number of carboxylic acids is 7. The van der Waals surface area contributed by atoms with Crippen molar-refractivity contribution in [1.29, 1.82) is 0 Å². The van der Waals surface area contributed by atoms with Gasteiger partial charge in [0, 0.05) is 96.8 Å². The second kappa shape index (κ2) is 42.3. The van der Waals surface area contributed by atoms with E-state index >= 15 is 4.11 Å². The number of carboxylic acid groups (broad SMARTS) is 7. The molecule has 2 rings (SSSR count). The summed E-state index contributed by atoms with van der Waals surface area (Å²) in [4.78, 5) is 181. The second-order valence-electron chi connectivity index (χ2n) is 25.9. The lowest BCUT2D eigenvalue weighted by Gasteiger charge is -2.44. The van der Waals surface area contributed by atoms with Gasteiger partial charge in [-0.2, -0.15) is 0 Å². The largest absolute Gasteiger partial charge is 0.480 e. The minimum atomic E-state index is -3.78. The number of hydrogen-bond donors (Lipinski definition) is 17. The SMILES string of the molecule is CC(C)(C)[Si](F)(c1ccc(C(=O)N[C@H](CNC(=O)CN2CCN(CC(=O)O)CCN(CC(=O)O)CCN(CC(=O)O)CC2)C(=O)N[C@@H](CCCCNC(=O)CCC(=O)NCCC[C@@H](NC(=O)CC[C@H](NC(=O)N[C@@H](CCCC(O)O)C(=O)O)C(=O)O)C(=O)O)C(=O)O)cc1)C(C)(C)C. The molecule has 5 atom stereocenters. The van der Waals surface area contributed by atoms with Gasteiger partial charge in [-0.05, 0) is 85.2 Å². The number of aliphatic hydroxyl groups excluding tert-OH is 1. The van der Waals surface area contributed by atoms with Crippen LogP contribution < -0.4 is 47.7 Å². The first-order chi connectivity index (χ1) is 45.7. The Morgan fingerprint density at radius 3 is 1.23 bits per heavy atom. The first-order valence-electron chi connectivity index (χ1n) is 32.1. The number of halogens is 1. The van der Waals surface area contributed by atoms with Crippen LogP contribution in [-0.4, -0.2) is 292 Å². The highest BCUT2D eigenvalue weighted by Crippen LogP contribution is 2.51. The molecule has 37 heteroatoms. The Bertz CT molecular complexity index is 2840. The molecule has 0 aliphatic carbocycles. The second-order valence-corrected chi connectivity index (χ2v) is 30.8. The predicted molar refractivity (Wildman–Crippen MR) is 349 cm³/mol. The summed E-state index contributed by atoms with van der Waals surface area (Å²) in [7, 11) is -3.78. The van der Waals surface area contributed by atoms with Crippen molar-refractivity contribution >= 4 is 96.9 Å². The monoisotopic (exact) mass is 1410 g/mol. The molecule has 8 amide bonds. The normalized spacial score (nSPS) is 15.6. The minimum Gasteiger partial charge on any atom is -0.480 e. The number of nitrogens with one attached hydrogen (secondary N) is 8. The van der Waals surface area contributed by atoms with Crippen molar-refractivity contribution in [3.05, 3.63) is 29.8 Å². The van der Waals surface area contributed by atoms with Crippen LogP contribution in [0.5, 0.6) is 0 Å². The predicted octanol–water partition coefficient (Wildman–Crippen LogP) is -2.33. The van der Waals surface area contributed by atoms with Crippen LogP contribution in [0.4, 0.5) is 8.90 Å². The topological polar surface area (TPSA) is 530 Å². The third kappa shape index (κ3) is 32.7. The molecule has 17 N–H and O–H groups in total. The van der Waals surface area contributed by atoms with E-state index in [4.69, 9.17) is 10.2 Å². The number of aliphatic hydroxyl groups is 2. The van der Waals surface area contributed by atoms with E-state index < -0.39 is 171 Å². The van der Waals surface area contributed by atoms with Gasteiger partial charge in [-0.15, -0.1) is 0 Å². The van der Waals surface area contributed by atoms with Crippen LogP contribution in [0.15, 0.2) is 24.3 Å². The van der Waals surface area contributed by atoms with Gasteiger partial charge in [0.1, 0.15) is 30.2 Å². The smallest absolute Gasteiger partial charge is 0.326 e. The lowest BCUT2D eigenvalue weighted by Crippen LogP contribution is -2.58. The van der Waals surface area contributed by atoms with Crippen molar-refractivity contribution in [1.82, 2.24) is 62.1 Å². The number of benzene rings is 1. The van der Waals surface area contributed by atoms with E-state index in [1.54, 1.807) is 61.1 Å². The molecular formula is C61H99FN12O23Si. The molecule has 0 aromatic heterocycles. The van der Waals surface area contributed by atoms with Crippen LogP contribution in [0.25, 0.3) is 0 Å². The van der Waals surface area contributed by atoms with E-state index in [0.29, 0.717) is 5.19 Å². The Morgan fingerprint density at radius 1 is 0.429 bits per heavy atom. The molecule has 1 saturated heterocycles. The highest BCUT2D eigenvalue weighted by molar-refractivity contribution is 6.90. The fourth-order valence-corrected chi connectivity index (χ4v) is 15.5. The Labute approximate surface area is 567 Å². The summed E-state index contributed by atoms with van der Waals surface area (Å²) in [6, 6.07) is -3.26. The lowest BCUT2D eigenvalue weighted by molar-refractivity contribution is -0.142. The van der Waals surface area contributed by atoms with Crippen molar-refractivity contribution < 1.29 is 117 Å². The van der Waals surface area contributed by atoms with Crippen LogP contribution >= 0.6 is 0 Å². The van der Waals surface area contributed by atoms with Crippen molar-refractivity contribution in [2.24, 2.45) is 0 Å². The maximum atomic E-state index is 17.2. The first kappa shape index (κ1) is 85.6. The van der Waals surface area contributed by atoms with E-state index in [1.807, 2.05) is 5.32 Å². The molecule has 0 unspecified atom stereocenters. The Balaban J connectivity index is 2.09. The first-order valence-corrected chi connectivity index (χ1v) is 34.0. The van der Waals surface area contributed by atoms with Crippen molar-refractivity contribution in [3.63, 3.8) is 0 Å². The number of rotatable bonds is 41. The Morgan fingerprint density at radius 2 is 0.816 bits per heavy atom. The summed E-state index contributed by atoms with van der Waals surface area (Å²) in [5, 5.41) is 103. The molecule has 0 spiro atoms. The summed E-state index contributed by atoms with van der Waals surface area (Å²) in [6.45, 7) is 9.40. The molecule has 1 aromatic carbocycles. The summed E-state index contributed by atoms with van der Waals surface area (Å²) in [5.74, 6) is -14.1.